The van der Waals surface area contributed by atoms with Crippen LogP contribution in [0.1, 0.15) is 119 Å². The van der Waals surface area contributed by atoms with Crippen molar-refractivity contribution in [3.05, 3.63) is 418 Å². The van der Waals surface area contributed by atoms with E-state index in [9.17, 15) is 0 Å². The highest BCUT2D eigenvalue weighted by Gasteiger charge is 2.48. The molecule has 17 rings (SSSR count). The van der Waals surface area contributed by atoms with E-state index in [2.05, 4.69) is 216 Å². The van der Waals surface area contributed by atoms with E-state index in [4.69, 9.17) is 13.9 Å². The zero-order valence-corrected chi connectivity index (χ0v) is 62.3. The van der Waals surface area contributed by atoms with E-state index < -0.39 is 34.1 Å². The van der Waals surface area contributed by atoms with Gasteiger partial charge in [0.05, 0.1) is 24.0 Å². The first-order valence-corrected chi connectivity index (χ1v) is 38.2. The fourth-order valence-corrected chi connectivity index (χ4v) is 17.0. The standard InChI is InChI=1S/C102H82F4N2O3/c1-6-67-31-49-82(50-32-67)109-59-17-15-19-69-27-35-73(36-28-69)101(72-21-9-8-10-22-72)90-25-13-11-23-84(90)86-53-43-78(63-92(86)101)107(80-45-55-94(103)96(105)65-80)76-47-57-98-88(61-76)89-62-77(48-58-99(89)111-98)108(81-46-56-95(104)97(106)66-81)79-44-54-87-85-24-12-14-26-91(85)102(93(87)64-79,75-41-39-71(40-42-75)100(3,4)5)74-37-29-70(30-38-74)20-16-18-60-110-83-51-33-68(7-2)34-52-83/h6-14,21-58,61-66H,1-2,15-20,59-60H2,3-5H3. The quantitative estimate of drug-likeness (QED) is 0.0445. The number of anilines is 6. The van der Waals surface area contributed by atoms with Crippen molar-refractivity contribution < 1.29 is 31.5 Å². The summed E-state index contributed by atoms with van der Waals surface area (Å²) < 4.78 is 82.0. The van der Waals surface area contributed by atoms with Gasteiger partial charge in [0.25, 0.3) is 0 Å². The Morgan fingerprint density at radius 2 is 0.703 bits per heavy atom. The van der Waals surface area contributed by atoms with E-state index in [1.807, 2.05) is 113 Å². The van der Waals surface area contributed by atoms with Crippen molar-refractivity contribution in [1.82, 2.24) is 0 Å². The van der Waals surface area contributed by atoms with Crippen LogP contribution in [0, 0.1) is 23.3 Å². The lowest BCUT2D eigenvalue weighted by molar-refractivity contribution is 0.307. The monoisotopic (exact) mass is 1460 g/mol. The summed E-state index contributed by atoms with van der Waals surface area (Å²) in [6.07, 6.45) is 9.09. The molecule has 5 nitrogen and oxygen atoms in total. The maximum atomic E-state index is 16.2. The number of halogens is 4. The molecule has 0 amide bonds. The van der Waals surface area contributed by atoms with Gasteiger partial charge in [0.1, 0.15) is 22.7 Å². The van der Waals surface area contributed by atoms with Crippen LogP contribution in [-0.2, 0) is 29.1 Å². The molecule has 111 heavy (non-hydrogen) atoms. The van der Waals surface area contributed by atoms with Crippen LogP contribution in [0.4, 0.5) is 51.7 Å². The summed E-state index contributed by atoms with van der Waals surface area (Å²) in [6, 6.07) is 104. The highest BCUT2D eigenvalue weighted by Crippen LogP contribution is 2.60. The third kappa shape index (κ3) is 13.1. The maximum Gasteiger partial charge on any atom is 0.160 e. The Balaban J connectivity index is 0.759. The highest BCUT2D eigenvalue weighted by atomic mass is 19.2. The molecule has 1 aromatic heterocycles. The van der Waals surface area contributed by atoms with Gasteiger partial charge in [-0.1, -0.05) is 234 Å². The van der Waals surface area contributed by atoms with Gasteiger partial charge in [0.2, 0.25) is 0 Å². The number of aryl methyl sites for hydroxylation is 2. The first-order chi connectivity index (χ1) is 54.2. The van der Waals surface area contributed by atoms with Crippen LogP contribution < -0.4 is 19.3 Å². The van der Waals surface area contributed by atoms with Gasteiger partial charge in [-0.3, -0.25) is 0 Å². The van der Waals surface area contributed by atoms with Gasteiger partial charge in [-0.15, -0.1) is 0 Å². The molecule has 546 valence electrons. The van der Waals surface area contributed by atoms with Crippen LogP contribution in [0.25, 0.3) is 56.3 Å². The Kier molecular flexibility index (Phi) is 19.0. The molecular weight excluding hydrogens is 1380 g/mol. The van der Waals surface area contributed by atoms with E-state index in [0.29, 0.717) is 58.5 Å². The molecule has 15 aromatic rings. The summed E-state index contributed by atoms with van der Waals surface area (Å²) in [5.41, 5.74) is 21.7. The molecule has 0 fully saturated rings. The van der Waals surface area contributed by atoms with E-state index in [0.717, 1.165) is 139 Å². The van der Waals surface area contributed by atoms with Crippen LogP contribution in [0.5, 0.6) is 11.5 Å². The Morgan fingerprint density at radius 1 is 0.342 bits per heavy atom. The van der Waals surface area contributed by atoms with Crippen LogP contribution in [0.15, 0.2) is 327 Å². The number of rotatable bonds is 24. The summed E-state index contributed by atoms with van der Waals surface area (Å²) in [6.45, 7) is 15.7. The van der Waals surface area contributed by atoms with Gasteiger partial charge < -0.3 is 23.7 Å². The van der Waals surface area contributed by atoms with Crippen molar-refractivity contribution in [1.29, 1.82) is 0 Å². The average molecular weight is 1460 g/mol. The molecule has 2 aliphatic rings. The molecule has 0 saturated heterocycles. The van der Waals surface area contributed by atoms with Crippen LogP contribution >= 0.6 is 0 Å². The van der Waals surface area contributed by atoms with Gasteiger partial charge in [-0.05, 0) is 248 Å². The molecule has 0 aliphatic heterocycles. The Labute approximate surface area is 646 Å². The van der Waals surface area contributed by atoms with Gasteiger partial charge in [-0.25, -0.2) is 17.6 Å². The molecule has 1 heterocycles. The second kappa shape index (κ2) is 29.7. The van der Waals surface area contributed by atoms with Gasteiger partial charge >= 0.3 is 0 Å². The number of furan rings is 1. The topological polar surface area (TPSA) is 38.1 Å². The van der Waals surface area contributed by atoms with Gasteiger partial charge in [0.15, 0.2) is 23.3 Å². The Bertz CT molecular complexity index is 5990. The highest BCUT2D eigenvalue weighted by molar-refractivity contribution is 6.08. The second-order valence-electron chi connectivity index (χ2n) is 30.1. The fraction of sp³-hybridized carbons (Fsp3) is 0.137. The lowest BCUT2D eigenvalue weighted by Gasteiger charge is -2.35. The zero-order chi connectivity index (χ0) is 76.0. The third-order valence-corrected chi connectivity index (χ3v) is 22.5. The molecule has 0 spiro atoms. The summed E-state index contributed by atoms with van der Waals surface area (Å²) in [4.78, 5) is 3.96. The molecule has 0 N–H and O–H groups in total. The fourth-order valence-electron chi connectivity index (χ4n) is 17.0. The van der Waals surface area contributed by atoms with Crippen molar-refractivity contribution in [3.8, 4) is 33.8 Å². The van der Waals surface area contributed by atoms with Crippen molar-refractivity contribution in [2.45, 2.75) is 75.5 Å². The third-order valence-electron chi connectivity index (χ3n) is 22.5. The van der Waals surface area contributed by atoms with E-state index in [1.54, 1.807) is 12.1 Å². The number of ether oxygens (including phenoxy) is 2. The zero-order valence-electron chi connectivity index (χ0n) is 62.3. The second-order valence-corrected chi connectivity index (χ2v) is 30.1. The van der Waals surface area contributed by atoms with E-state index >= 15 is 17.6 Å². The largest absolute Gasteiger partial charge is 0.494 e. The van der Waals surface area contributed by atoms with Gasteiger partial charge in [-0.2, -0.15) is 0 Å². The first-order valence-electron chi connectivity index (χ1n) is 38.2. The molecule has 9 heteroatoms. The first kappa shape index (κ1) is 71.2. The maximum absolute atomic E-state index is 16.2. The molecule has 2 aliphatic carbocycles. The van der Waals surface area contributed by atoms with Crippen LogP contribution in [-0.4, -0.2) is 13.2 Å². The SMILES string of the molecule is C=Cc1ccc(OCCCCc2ccc(C3(c4ccccc4)c4ccccc4-c4ccc(N(c5ccc(F)c(F)c5)c5ccc6oc7ccc(N(c8ccc(F)c(F)c8)c8ccc9c(c8)C(c8ccc(CCCCOc%10ccc(C=C)cc%10)cc8)(c8ccc(C(C)(C)C)cc8)c8ccccc8-9)cc7c6c5)cc43)cc2)cc1. The van der Waals surface area contributed by atoms with Gasteiger partial charge in [0, 0.05) is 57.0 Å². The van der Waals surface area contributed by atoms with Crippen LogP contribution in [0.2, 0.25) is 0 Å². The lowest BCUT2D eigenvalue weighted by Crippen LogP contribution is -2.29. The minimum absolute atomic E-state index is 0.108. The smallest absolute Gasteiger partial charge is 0.160 e. The number of nitrogens with zero attached hydrogens (tertiary/aromatic N) is 2. The molecule has 0 radical (unpaired) electrons. The summed E-state index contributed by atoms with van der Waals surface area (Å²) in [5, 5.41) is 1.46. The molecule has 2 unspecified atom stereocenters. The van der Waals surface area contributed by atoms with Crippen LogP contribution in [0.3, 0.4) is 0 Å². The van der Waals surface area contributed by atoms with E-state index in [-0.39, 0.29) is 5.41 Å². The minimum atomic E-state index is -0.993. The van der Waals surface area contributed by atoms with Crippen molar-refractivity contribution >= 4 is 68.2 Å². The summed E-state index contributed by atoms with van der Waals surface area (Å²) in [5.74, 6) is -2.23. The molecular formula is C102H82F4N2O3. The number of hydrogen-bond acceptors (Lipinski definition) is 5. The minimum Gasteiger partial charge on any atom is -0.494 e. The number of unbranched alkanes of at least 4 members (excludes halogenated alkanes) is 2. The van der Waals surface area contributed by atoms with E-state index in [1.165, 1.54) is 41.0 Å². The Hall–Kier alpha value is -12.7. The van der Waals surface area contributed by atoms with Crippen molar-refractivity contribution in [2.75, 3.05) is 23.0 Å². The molecule has 0 saturated carbocycles. The summed E-state index contributed by atoms with van der Waals surface area (Å²) in [7, 11) is 0. The number of hydrogen-bond donors (Lipinski definition) is 0. The molecule has 14 aromatic carbocycles. The normalized spacial score (nSPS) is 14.7. The molecule has 0 bridgehead atoms. The number of fused-ring (bicyclic) bond motifs is 9. The van der Waals surface area contributed by atoms with Crippen molar-refractivity contribution in [3.63, 3.8) is 0 Å². The van der Waals surface area contributed by atoms with Crippen molar-refractivity contribution in [2.24, 2.45) is 0 Å². The number of benzene rings is 14. The lowest BCUT2D eigenvalue weighted by atomic mass is 9.67. The summed E-state index contributed by atoms with van der Waals surface area (Å²) >= 11 is 0. The predicted molar refractivity (Wildman–Crippen MR) is 446 cm³/mol. The Morgan fingerprint density at radius 3 is 1.12 bits per heavy atom. The predicted octanol–water partition coefficient (Wildman–Crippen LogP) is 27.2. The molecule has 2 atom stereocenters. The average Bonchev–Trinajstić information content (AvgIpc) is 1.55.